The molecule has 0 unspecified atom stereocenters. The second-order valence-corrected chi connectivity index (χ2v) is 7.41. The van der Waals surface area contributed by atoms with Crippen LogP contribution in [0.1, 0.15) is 32.7 Å². The summed E-state index contributed by atoms with van der Waals surface area (Å²) in [6.07, 6.45) is 4.46. The van der Waals surface area contributed by atoms with Crippen molar-refractivity contribution in [1.29, 1.82) is 0 Å². The van der Waals surface area contributed by atoms with Crippen LogP contribution >= 0.6 is 0 Å². The maximum absolute atomic E-state index is 13.1. The maximum Gasteiger partial charge on any atom is 0.274 e. The number of amides is 1. The number of H-pyrrole nitrogens is 1. The number of aromatic amines is 1. The van der Waals surface area contributed by atoms with E-state index in [0.717, 1.165) is 27.6 Å². The molecule has 0 aliphatic heterocycles. The molecule has 2 aromatic carbocycles. The van der Waals surface area contributed by atoms with Crippen molar-refractivity contribution >= 4 is 16.8 Å². The monoisotopic (exact) mass is 398 g/mol. The molecular weight excluding hydrogens is 376 g/mol. The van der Waals surface area contributed by atoms with Gasteiger partial charge in [-0.05, 0) is 42.5 Å². The van der Waals surface area contributed by atoms with E-state index in [9.17, 15) is 9.59 Å². The normalized spacial score (nSPS) is 10.9. The van der Waals surface area contributed by atoms with Crippen molar-refractivity contribution in [3.8, 4) is 0 Å². The standard InChI is InChI=1S/C24H22N4O2/c1-16-10-17(2)22-19(11-16)12-20(23(29)27-22)15-28(14-18-6-4-3-5-7-18)24(30)21-13-25-8-9-26-21/h3-13H,14-15H2,1-2H3,(H,27,29). The van der Waals surface area contributed by atoms with Gasteiger partial charge in [0, 0.05) is 24.5 Å². The molecule has 4 rings (SSSR count). The van der Waals surface area contributed by atoms with Gasteiger partial charge in [0.1, 0.15) is 5.69 Å². The number of aromatic nitrogens is 3. The molecule has 6 heteroatoms. The van der Waals surface area contributed by atoms with E-state index >= 15 is 0 Å². The molecule has 0 radical (unpaired) electrons. The highest BCUT2D eigenvalue weighted by atomic mass is 16.2. The van der Waals surface area contributed by atoms with Gasteiger partial charge < -0.3 is 9.88 Å². The molecule has 0 aliphatic carbocycles. The predicted octanol–water partition coefficient (Wildman–Crippen LogP) is 3.78. The molecule has 0 saturated heterocycles. The van der Waals surface area contributed by atoms with Gasteiger partial charge in [0.25, 0.3) is 11.5 Å². The highest BCUT2D eigenvalue weighted by Gasteiger charge is 2.20. The predicted molar refractivity (Wildman–Crippen MR) is 116 cm³/mol. The Kier molecular flexibility index (Phi) is 5.39. The van der Waals surface area contributed by atoms with E-state index in [1.54, 1.807) is 4.90 Å². The lowest BCUT2D eigenvalue weighted by atomic mass is 10.0. The molecule has 30 heavy (non-hydrogen) atoms. The topological polar surface area (TPSA) is 79.0 Å². The Morgan fingerprint density at radius 1 is 1.03 bits per heavy atom. The quantitative estimate of drug-likeness (QED) is 0.555. The first-order valence-electron chi connectivity index (χ1n) is 9.73. The smallest absolute Gasteiger partial charge is 0.274 e. The molecule has 6 nitrogen and oxygen atoms in total. The number of fused-ring (bicyclic) bond motifs is 1. The molecule has 0 atom stereocenters. The van der Waals surface area contributed by atoms with Gasteiger partial charge in [-0.25, -0.2) is 4.98 Å². The van der Waals surface area contributed by atoms with Crippen molar-refractivity contribution in [2.24, 2.45) is 0 Å². The van der Waals surface area contributed by atoms with Crippen molar-refractivity contribution in [3.63, 3.8) is 0 Å². The fourth-order valence-corrected chi connectivity index (χ4v) is 3.63. The Hall–Kier alpha value is -3.80. The zero-order chi connectivity index (χ0) is 21.1. The Labute approximate surface area is 174 Å². The van der Waals surface area contributed by atoms with E-state index in [-0.39, 0.29) is 23.7 Å². The zero-order valence-corrected chi connectivity index (χ0v) is 16.9. The van der Waals surface area contributed by atoms with Crippen molar-refractivity contribution in [2.75, 3.05) is 0 Å². The number of aryl methyl sites for hydroxylation is 2. The van der Waals surface area contributed by atoms with Gasteiger partial charge >= 0.3 is 0 Å². The third-order valence-corrected chi connectivity index (χ3v) is 5.02. The Balaban J connectivity index is 1.73. The maximum atomic E-state index is 13.1. The molecule has 1 N–H and O–H groups in total. The highest BCUT2D eigenvalue weighted by Crippen LogP contribution is 2.19. The van der Waals surface area contributed by atoms with Crippen LogP contribution in [0.4, 0.5) is 0 Å². The lowest BCUT2D eigenvalue weighted by Gasteiger charge is -2.22. The van der Waals surface area contributed by atoms with Crippen LogP contribution in [0.15, 0.2) is 71.9 Å². The van der Waals surface area contributed by atoms with Gasteiger partial charge in [0.05, 0.1) is 18.3 Å². The molecule has 2 aromatic heterocycles. The van der Waals surface area contributed by atoms with Crippen molar-refractivity contribution < 1.29 is 4.79 Å². The van der Waals surface area contributed by atoms with E-state index in [4.69, 9.17) is 0 Å². The van der Waals surface area contributed by atoms with E-state index < -0.39 is 0 Å². The highest BCUT2D eigenvalue weighted by molar-refractivity contribution is 5.92. The number of nitrogens with zero attached hydrogens (tertiary/aromatic N) is 3. The van der Waals surface area contributed by atoms with Crippen LogP contribution in [0, 0.1) is 13.8 Å². The first-order chi connectivity index (χ1) is 14.5. The Morgan fingerprint density at radius 3 is 2.57 bits per heavy atom. The molecule has 0 saturated carbocycles. The van der Waals surface area contributed by atoms with E-state index in [0.29, 0.717) is 12.1 Å². The lowest BCUT2D eigenvalue weighted by Crippen LogP contribution is -2.33. The van der Waals surface area contributed by atoms with Gasteiger partial charge in [-0.2, -0.15) is 0 Å². The number of carbonyl (C=O) groups excluding carboxylic acids is 1. The molecule has 0 bridgehead atoms. The number of nitrogens with one attached hydrogen (secondary N) is 1. The SMILES string of the molecule is Cc1cc(C)c2[nH]c(=O)c(CN(Cc3ccccc3)C(=O)c3cnccn3)cc2c1. The Morgan fingerprint density at radius 2 is 1.83 bits per heavy atom. The molecule has 4 aromatic rings. The van der Waals surface area contributed by atoms with E-state index in [2.05, 4.69) is 15.0 Å². The largest absolute Gasteiger partial charge is 0.328 e. The van der Waals surface area contributed by atoms with Crippen LogP contribution < -0.4 is 5.56 Å². The molecular formula is C24H22N4O2. The summed E-state index contributed by atoms with van der Waals surface area (Å²) in [5.74, 6) is -0.271. The summed E-state index contributed by atoms with van der Waals surface area (Å²) < 4.78 is 0. The van der Waals surface area contributed by atoms with Crippen LogP contribution in [0.2, 0.25) is 0 Å². The number of benzene rings is 2. The van der Waals surface area contributed by atoms with Crippen LogP contribution in [-0.2, 0) is 13.1 Å². The van der Waals surface area contributed by atoms with Gasteiger partial charge in [-0.3, -0.25) is 14.6 Å². The average Bonchev–Trinajstić information content (AvgIpc) is 2.75. The summed E-state index contributed by atoms with van der Waals surface area (Å²) in [6.45, 7) is 4.53. The molecule has 1 amide bonds. The fourth-order valence-electron chi connectivity index (χ4n) is 3.63. The van der Waals surface area contributed by atoms with Crippen LogP contribution in [-0.4, -0.2) is 25.8 Å². The first kappa shape index (κ1) is 19.5. The molecule has 0 aliphatic rings. The number of pyridine rings is 1. The van der Waals surface area contributed by atoms with Gasteiger partial charge in [-0.1, -0.05) is 42.0 Å². The Bertz CT molecular complexity index is 1250. The van der Waals surface area contributed by atoms with Crippen molar-refractivity contribution in [1.82, 2.24) is 19.9 Å². The summed E-state index contributed by atoms with van der Waals surface area (Å²) in [5.41, 5.74) is 4.51. The van der Waals surface area contributed by atoms with Crippen LogP contribution in [0.25, 0.3) is 10.9 Å². The molecule has 2 heterocycles. The van der Waals surface area contributed by atoms with Crippen LogP contribution in [0.3, 0.4) is 0 Å². The van der Waals surface area contributed by atoms with E-state index in [1.807, 2.05) is 62.4 Å². The van der Waals surface area contributed by atoms with Gasteiger partial charge in [0.2, 0.25) is 0 Å². The molecule has 0 spiro atoms. The third kappa shape index (κ3) is 4.12. The molecule has 150 valence electrons. The number of carbonyl (C=O) groups is 1. The summed E-state index contributed by atoms with van der Waals surface area (Å²) in [4.78, 5) is 38.7. The minimum Gasteiger partial charge on any atom is -0.328 e. The average molecular weight is 398 g/mol. The van der Waals surface area contributed by atoms with E-state index in [1.165, 1.54) is 18.6 Å². The fraction of sp³-hybridized carbons (Fsp3) is 0.167. The summed E-state index contributed by atoms with van der Waals surface area (Å²) in [6, 6.07) is 15.6. The number of hydrogen-bond acceptors (Lipinski definition) is 4. The zero-order valence-electron chi connectivity index (χ0n) is 16.9. The van der Waals surface area contributed by atoms with Gasteiger partial charge in [-0.15, -0.1) is 0 Å². The van der Waals surface area contributed by atoms with Crippen LogP contribution in [0.5, 0.6) is 0 Å². The number of rotatable bonds is 5. The second kappa shape index (κ2) is 8.29. The van der Waals surface area contributed by atoms with Crippen molar-refractivity contribution in [3.05, 3.63) is 105 Å². The number of hydrogen-bond donors (Lipinski definition) is 1. The lowest BCUT2D eigenvalue weighted by molar-refractivity contribution is 0.0723. The van der Waals surface area contributed by atoms with Gasteiger partial charge in [0.15, 0.2) is 0 Å². The second-order valence-electron chi connectivity index (χ2n) is 7.41. The minimum absolute atomic E-state index is 0.169. The first-order valence-corrected chi connectivity index (χ1v) is 9.73. The summed E-state index contributed by atoms with van der Waals surface area (Å²) >= 11 is 0. The molecule has 0 fully saturated rings. The summed E-state index contributed by atoms with van der Waals surface area (Å²) in [7, 11) is 0. The van der Waals surface area contributed by atoms with Crippen molar-refractivity contribution in [2.45, 2.75) is 26.9 Å². The minimum atomic E-state index is -0.271. The third-order valence-electron chi connectivity index (χ3n) is 5.02. The summed E-state index contributed by atoms with van der Waals surface area (Å²) in [5, 5.41) is 0.953.